The average molecular weight is 248 g/mol. The summed E-state index contributed by atoms with van der Waals surface area (Å²) >= 11 is 11.5. The van der Waals surface area contributed by atoms with Gasteiger partial charge in [-0.15, -0.1) is 0 Å². The highest BCUT2D eigenvalue weighted by atomic mass is 35.5. The van der Waals surface area contributed by atoms with E-state index in [0.717, 1.165) is 31.2 Å². The van der Waals surface area contributed by atoms with Crippen LogP contribution in [0.3, 0.4) is 0 Å². The zero-order chi connectivity index (χ0) is 11.1. The fourth-order valence-electron chi connectivity index (χ4n) is 2.14. The largest absolute Gasteiger partial charge is 0.321 e. The van der Waals surface area contributed by atoms with Gasteiger partial charge in [0, 0.05) is 5.54 Å². The molecule has 0 unspecified atom stereocenters. The van der Waals surface area contributed by atoms with Crippen LogP contribution in [0.15, 0.2) is 12.1 Å². The Kier molecular flexibility index (Phi) is 2.93. The van der Waals surface area contributed by atoms with Gasteiger partial charge in [-0.25, -0.2) is 4.39 Å². The Morgan fingerprint density at radius 1 is 1.13 bits per heavy atom. The molecule has 0 atom stereocenters. The van der Waals surface area contributed by atoms with Gasteiger partial charge in [0.1, 0.15) is 0 Å². The normalized spacial score (nSPS) is 19.5. The Morgan fingerprint density at radius 2 is 1.60 bits per heavy atom. The van der Waals surface area contributed by atoms with Gasteiger partial charge in [0.05, 0.1) is 10.0 Å². The van der Waals surface area contributed by atoms with Gasteiger partial charge in [-0.3, -0.25) is 0 Å². The summed E-state index contributed by atoms with van der Waals surface area (Å²) in [5.74, 6) is -0.566. The summed E-state index contributed by atoms with van der Waals surface area (Å²) in [6.07, 6.45) is 4.02. The monoisotopic (exact) mass is 247 g/mol. The SMILES string of the molecule is NC1(c2cc(Cl)c(F)c(Cl)c2)CCCC1. The maximum atomic E-state index is 13.2. The van der Waals surface area contributed by atoms with Crippen molar-refractivity contribution in [3.8, 4) is 0 Å². The van der Waals surface area contributed by atoms with Crippen LogP contribution in [0.4, 0.5) is 4.39 Å². The second-order valence-corrected chi connectivity index (χ2v) is 4.93. The molecular formula is C11H12Cl2FN. The van der Waals surface area contributed by atoms with Crippen LogP contribution in [0.5, 0.6) is 0 Å². The Morgan fingerprint density at radius 3 is 2.07 bits per heavy atom. The van der Waals surface area contributed by atoms with Crippen molar-refractivity contribution in [3.63, 3.8) is 0 Å². The minimum absolute atomic E-state index is 0.0502. The van der Waals surface area contributed by atoms with Crippen molar-refractivity contribution in [2.45, 2.75) is 31.2 Å². The fraction of sp³-hybridized carbons (Fsp3) is 0.455. The molecule has 0 radical (unpaired) electrons. The summed E-state index contributed by atoms with van der Waals surface area (Å²) in [7, 11) is 0. The van der Waals surface area contributed by atoms with Crippen LogP contribution in [0.1, 0.15) is 31.2 Å². The van der Waals surface area contributed by atoms with E-state index >= 15 is 0 Å². The summed E-state index contributed by atoms with van der Waals surface area (Å²) < 4.78 is 13.2. The molecule has 4 heteroatoms. The highest BCUT2D eigenvalue weighted by molar-refractivity contribution is 6.35. The minimum atomic E-state index is -0.566. The molecule has 0 amide bonds. The Bertz CT molecular complexity index is 363. The van der Waals surface area contributed by atoms with Crippen LogP contribution in [-0.2, 0) is 5.54 Å². The molecule has 1 aromatic rings. The van der Waals surface area contributed by atoms with Gasteiger partial charge in [-0.1, -0.05) is 36.0 Å². The van der Waals surface area contributed by atoms with Gasteiger partial charge < -0.3 is 5.73 Å². The zero-order valence-electron chi connectivity index (χ0n) is 8.19. The first-order valence-corrected chi connectivity index (χ1v) is 5.72. The highest BCUT2D eigenvalue weighted by Gasteiger charge is 2.32. The molecule has 2 N–H and O–H groups in total. The lowest BCUT2D eigenvalue weighted by Gasteiger charge is -2.24. The highest BCUT2D eigenvalue weighted by Crippen LogP contribution is 2.39. The van der Waals surface area contributed by atoms with Crippen LogP contribution in [-0.4, -0.2) is 0 Å². The van der Waals surface area contributed by atoms with E-state index in [-0.39, 0.29) is 15.6 Å². The fourth-order valence-corrected chi connectivity index (χ4v) is 2.62. The lowest BCUT2D eigenvalue weighted by Crippen LogP contribution is -2.33. The Hall–Kier alpha value is -0.310. The molecule has 0 heterocycles. The molecule has 0 saturated heterocycles. The van der Waals surface area contributed by atoms with E-state index in [2.05, 4.69) is 0 Å². The van der Waals surface area contributed by atoms with Crippen LogP contribution >= 0.6 is 23.2 Å². The Labute approximate surface area is 98.4 Å². The molecule has 82 valence electrons. The molecule has 1 aliphatic rings. The Balaban J connectivity index is 2.45. The third-order valence-electron chi connectivity index (χ3n) is 3.05. The molecule has 2 rings (SSSR count). The van der Waals surface area contributed by atoms with E-state index in [9.17, 15) is 4.39 Å². The van der Waals surface area contributed by atoms with E-state index in [1.807, 2.05) is 0 Å². The topological polar surface area (TPSA) is 26.0 Å². The van der Waals surface area contributed by atoms with Gasteiger partial charge in [0.2, 0.25) is 0 Å². The number of nitrogens with two attached hydrogens (primary N) is 1. The first-order chi connectivity index (χ1) is 7.03. The summed E-state index contributed by atoms with van der Waals surface area (Å²) in [5, 5.41) is 0.100. The predicted octanol–water partition coefficient (Wildman–Crippen LogP) is 3.86. The van der Waals surface area contributed by atoms with E-state index in [1.54, 1.807) is 12.1 Å². The first-order valence-electron chi connectivity index (χ1n) is 4.97. The number of rotatable bonds is 1. The molecular weight excluding hydrogens is 236 g/mol. The molecule has 1 fully saturated rings. The van der Waals surface area contributed by atoms with Crippen molar-refractivity contribution in [2.24, 2.45) is 5.73 Å². The van der Waals surface area contributed by atoms with Gasteiger partial charge >= 0.3 is 0 Å². The molecule has 0 bridgehead atoms. The van der Waals surface area contributed by atoms with Crippen LogP contribution < -0.4 is 5.73 Å². The second-order valence-electron chi connectivity index (χ2n) is 4.12. The number of hydrogen-bond acceptors (Lipinski definition) is 1. The molecule has 1 aromatic carbocycles. The van der Waals surface area contributed by atoms with Gasteiger partial charge in [-0.2, -0.15) is 0 Å². The summed E-state index contributed by atoms with van der Waals surface area (Å²) in [4.78, 5) is 0. The second kappa shape index (κ2) is 3.93. The minimum Gasteiger partial charge on any atom is -0.321 e. The zero-order valence-corrected chi connectivity index (χ0v) is 9.71. The van der Waals surface area contributed by atoms with E-state index in [4.69, 9.17) is 28.9 Å². The molecule has 0 spiro atoms. The van der Waals surface area contributed by atoms with Gasteiger partial charge in [0.15, 0.2) is 5.82 Å². The summed E-state index contributed by atoms with van der Waals surface area (Å²) in [6, 6.07) is 3.18. The van der Waals surface area contributed by atoms with Crippen LogP contribution in [0, 0.1) is 5.82 Å². The quantitative estimate of drug-likeness (QED) is 0.750. The third-order valence-corrected chi connectivity index (χ3v) is 3.60. The molecule has 0 aliphatic heterocycles. The van der Waals surface area contributed by atoms with Crippen molar-refractivity contribution in [2.75, 3.05) is 0 Å². The lowest BCUT2D eigenvalue weighted by molar-refractivity contribution is 0.460. The maximum Gasteiger partial charge on any atom is 0.160 e. The van der Waals surface area contributed by atoms with Crippen molar-refractivity contribution in [1.82, 2.24) is 0 Å². The number of benzene rings is 1. The van der Waals surface area contributed by atoms with Crippen LogP contribution in [0.25, 0.3) is 0 Å². The van der Waals surface area contributed by atoms with Crippen LogP contribution in [0.2, 0.25) is 10.0 Å². The van der Waals surface area contributed by atoms with Gasteiger partial charge in [-0.05, 0) is 30.5 Å². The number of hydrogen-bond donors (Lipinski definition) is 1. The maximum absolute atomic E-state index is 13.2. The van der Waals surface area contributed by atoms with Crippen molar-refractivity contribution in [1.29, 1.82) is 0 Å². The lowest BCUT2D eigenvalue weighted by atomic mass is 9.89. The van der Waals surface area contributed by atoms with E-state index < -0.39 is 5.82 Å². The van der Waals surface area contributed by atoms with Crippen molar-refractivity contribution in [3.05, 3.63) is 33.6 Å². The number of halogens is 3. The summed E-state index contributed by atoms with van der Waals surface area (Å²) in [6.45, 7) is 0. The molecule has 1 nitrogen and oxygen atoms in total. The third kappa shape index (κ3) is 1.99. The molecule has 15 heavy (non-hydrogen) atoms. The first kappa shape index (κ1) is 11.2. The van der Waals surface area contributed by atoms with E-state index in [0.29, 0.717) is 0 Å². The van der Waals surface area contributed by atoms with Crippen molar-refractivity contribution < 1.29 is 4.39 Å². The van der Waals surface area contributed by atoms with E-state index in [1.165, 1.54) is 0 Å². The molecule has 1 saturated carbocycles. The van der Waals surface area contributed by atoms with Gasteiger partial charge in [0.25, 0.3) is 0 Å². The van der Waals surface area contributed by atoms with Crippen molar-refractivity contribution >= 4 is 23.2 Å². The molecule has 1 aliphatic carbocycles. The smallest absolute Gasteiger partial charge is 0.160 e. The standard InChI is InChI=1S/C11H12Cl2FN/c12-8-5-7(6-9(13)10(8)14)11(15)3-1-2-4-11/h5-6H,1-4,15H2. The molecule has 0 aromatic heterocycles. The predicted molar refractivity (Wildman–Crippen MR) is 60.8 cm³/mol. The average Bonchev–Trinajstić information content (AvgIpc) is 2.62. The summed E-state index contributed by atoms with van der Waals surface area (Å²) in [5.41, 5.74) is 6.70.